The fraction of sp³-hybridized carbons (Fsp3) is 0.476. The fourth-order valence-corrected chi connectivity index (χ4v) is 8.36. The lowest BCUT2D eigenvalue weighted by Gasteiger charge is -2.48. The number of benzene rings is 3. The largest absolute Gasteiger partial charge is 0.489 e. The Hall–Kier alpha value is -4.53. The number of carbonyl (C=O) groups excluding carboxylic acids is 2. The molecule has 1 saturated heterocycles. The second-order valence-corrected chi connectivity index (χ2v) is 14.7. The van der Waals surface area contributed by atoms with Gasteiger partial charge >= 0.3 is 0 Å². The molecular weight excluding hydrogens is 641 g/mol. The maximum Gasteiger partial charge on any atom is 0.226 e. The number of amides is 2. The molecule has 3 aromatic carbocycles. The van der Waals surface area contributed by atoms with Gasteiger partial charge in [-0.1, -0.05) is 73.9 Å². The third-order valence-electron chi connectivity index (χ3n) is 11.2. The molecule has 2 heterocycles. The minimum Gasteiger partial charge on any atom is -0.489 e. The molecule has 8 nitrogen and oxygen atoms in total. The van der Waals surface area contributed by atoms with Crippen LogP contribution < -0.4 is 10.1 Å². The number of aromatic nitrogens is 3. The molecule has 6 rings (SSSR count). The van der Waals surface area contributed by atoms with Crippen molar-refractivity contribution in [1.82, 2.24) is 25.0 Å². The van der Waals surface area contributed by atoms with E-state index in [9.17, 15) is 14.0 Å². The zero-order chi connectivity index (χ0) is 35.5. The van der Waals surface area contributed by atoms with E-state index >= 15 is 0 Å². The second kappa shape index (κ2) is 17.6. The summed E-state index contributed by atoms with van der Waals surface area (Å²) in [6, 6.07) is 24.5. The average Bonchev–Trinajstić information content (AvgIpc) is 3.67. The first-order valence-electron chi connectivity index (χ1n) is 18.7. The molecule has 0 spiro atoms. The number of nitrogens with zero attached hydrogens (tertiary/aromatic N) is 4. The predicted octanol–water partition coefficient (Wildman–Crippen LogP) is 7.57. The van der Waals surface area contributed by atoms with Crippen LogP contribution >= 0.6 is 0 Å². The number of nitrogens with one attached hydrogen (secondary N) is 1. The van der Waals surface area contributed by atoms with Crippen LogP contribution in [0.3, 0.4) is 0 Å². The lowest BCUT2D eigenvalue weighted by molar-refractivity contribution is -0.139. The summed E-state index contributed by atoms with van der Waals surface area (Å²) in [6.45, 7) is 4.33. The Labute approximate surface area is 301 Å². The van der Waals surface area contributed by atoms with Crippen molar-refractivity contribution in [3.63, 3.8) is 0 Å². The first-order chi connectivity index (χ1) is 24.8. The average molecular weight is 694 g/mol. The zero-order valence-electron chi connectivity index (χ0n) is 29.9. The highest BCUT2D eigenvalue weighted by molar-refractivity contribution is 5.79. The van der Waals surface area contributed by atoms with E-state index < -0.39 is 0 Å². The van der Waals surface area contributed by atoms with Crippen molar-refractivity contribution in [3.8, 4) is 5.75 Å². The second-order valence-electron chi connectivity index (χ2n) is 14.7. The van der Waals surface area contributed by atoms with Gasteiger partial charge < -0.3 is 15.0 Å². The Balaban J connectivity index is 1.12. The molecule has 270 valence electrons. The number of hydrogen-bond acceptors (Lipinski definition) is 5. The first kappa shape index (κ1) is 36.3. The lowest BCUT2D eigenvalue weighted by atomic mass is 9.63. The summed E-state index contributed by atoms with van der Waals surface area (Å²) in [6.07, 6.45) is 14.1. The number of rotatable bonds is 15. The molecule has 2 atom stereocenters. The summed E-state index contributed by atoms with van der Waals surface area (Å²) >= 11 is 0. The first-order valence-corrected chi connectivity index (χ1v) is 18.7. The Morgan fingerprint density at radius 1 is 0.882 bits per heavy atom. The summed E-state index contributed by atoms with van der Waals surface area (Å²) in [5, 5.41) is 7.61. The van der Waals surface area contributed by atoms with Crippen LogP contribution in [0.25, 0.3) is 0 Å². The molecule has 9 heteroatoms. The summed E-state index contributed by atoms with van der Waals surface area (Å²) < 4.78 is 21.8. The third-order valence-corrected chi connectivity index (χ3v) is 11.2. The molecule has 2 aliphatic rings. The minimum atomic E-state index is -0.286. The normalized spacial score (nSPS) is 17.4. The summed E-state index contributed by atoms with van der Waals surface area (Å²) in [5.74, 6) is 0.916. The topological polar surface area (TPSA) is 89.4 Å². The van der Waals surface area contributed by atoms with Gasteiger partial charge in [-0.15, -0.1) is 0 Å². The summed E-state index contributed by atoms with van der Waals surface area (Å²) in [5.41, 5.74) is 3.24. The predicted molar refractivity (Wildman–Crippen MR) is 196 cm³/mol. The van der Waals surface area contributed by atoms with Gasteiger partial charge in [0.25, 0.3) is 0 Å². The maximum atomic E-state index is 14.4. The van der Waals surface area contributed by atoms with Crippen LogP contribution in [0.1, 0.15) is 81.4 Å². The van der Waals surface area contributed by atoms with Gasteiger partial charge in [0.1, 0.15) is 30.8 Å². The molecule has 0 radical (unpaired) electrons. The number of hydrogen-bond donors (Lipinski definition) is 1. The van der Waals surface area contributed by atoms with E-state index in [4.69, 9.17) is 4.74 Å². The van der Waals surface area contributed by atoms with Gasteiger partial charge in [-0.25, -0.2) is 9.37 Å². The molecule has 51 heavy (non-hydrogen) atoms. The monoisotopic (exact) mass is 693 g/mol. The van der Waals surface area contributed by atoms with Gasteiger partial charge in [0.2, 0.25) is 11.8 Å². The molecule has 1 aliphatic heterocycles. The van der Waals surface area contributed by atoms with Crippen molar-refractivity contribution < 1.29 is 18.7 Å². The minimum absolute atomic E-state index is 0.0910. The van der Waals surface area contributed by atoms with E-state index in [1.54, 1.807) is 25.4 Å². The van der Waals surface area contributed by atoms with Crippen molar-refractivity contribution in [1.29, 1.82) is 0 Å². The van der Waals surface area contributed by atoms with Gasteiger partial charge in [0, 0.05) is 38.5 Å². The molecule has 4 aromatic rings. The standard InChI is InChI=1S/C42H52FN5O3/c1-32(49)46-39(27-34-14-20-40(21-15-34)51-28-35-8-4-2-5-9-35)19-16-36(26-33-12-17-38(43)18-13-33)41(50)47-24-22-42(23-25-47,29-48-31-44-30-45-48)37-10-6-3-7-11-37/h2,4-5,8-9,12-15,17-18,20-21,30-31,36-37,39H,3,6-7,10-11,16,19,22-29H2,1H3,(H,46,49)/t36-,39+/m1/s1. The Kier molecular flexibility index (Phi) is 12.5. The lowest BCUT2D eigenvalue weighted by Crippen LogP contribution is -2.50. The fourth-order valence-electron chi connectivity index (χ4n) is 8.36. The zero-order valence-corrected chi connectivity index (χ0v) is 29.9. The Bertz CT molecular complexity index is 1650. The molecule has 2 fully saturated rings. The summed E-state index contributed by atoms with van der Waals surface area (Å²) in [4.78, 5) is 33.0. The summed E-state index contributed by atoms with van der Waals surface area (Å²) in [7, 11) is 0. The number of piperidine rings is 1. The quantitative estimate of drug-likeness (QED) is 0.139. The Morgan fingerprint density at radius 3 is 2.24 bits per heavy atom. The molecule has 1 saturated carbocycles. The van der Waals surface area contributed by atoms with Gasteiger partial charge in [0.15, 0.2) is 0 Å². The van der Waals surface area contributed by atoms with Gasteiger partial charge in [0.05, 0.1) is 0 Å². The molecule has 2 amide bonds. The third kappa shape index (κ3) is 10.3. The van der Waals surface area contributed by atoms with Gasteiger partial charge in [-0.2, -0.15) is 5.10 Å². The SMILES string of the molecule is CC(=O)N[C@@H](CC[C@H](Cc1ccc(F)cc1)C(=O)N1CCC(Cn2cncn2)(C2CCCCC2)CC1)Cc1ccc(OCc2ccccc2)cc1. The highest BCUT2D eigenvalue weighted by Crippen LogP contribution is 2.47. The molecule has 1 aliphatic carbocycles. The number of likely N-dealkylation sites (tertiary alicyclic amines) is 1. The van der Waals surface area contributed by atoms with Crippen LogP contribution in [0.4, 0.5) is 4.39 Å². The van der Waals surface area contributed by atoms with Crippen LogP contribution in [0.2, 0.25) is 0 Å². The molecule has 0 bridgehead atoms. The van der Waals surface area contributed by atoms with Crippen molar-refractivity contribution in [3.05, 3.63) is 114 Å². The van der Waals surface area contributed by atoms with Crippen molar-refractivity contribution in [2.24, 2.45) is 17.3 Å². The molecular formula is C42H52FN5O3. The van der Waals surface area contributed by atoms with Gasteiger partial charge in [-0.05, 0) is 104 Å². The highest BCUT2D eigenvalue weighted by atomic mass is 19.1. The number of ether oxygens (including phenoxy) is 1. The van der Waals surface area contributed by atoms with Crippen LogP contribution in [0.5, 0.6) is 5.75 Å². The highest BCUT2D eigenvalue weighted by Gasteiger charge is 2.43. The number of halogens is 1. The van der Waals surface area contributed by atoms with Crippen LogP contribution in [-0.2, 0) is 35.6 Å². The van der Waals surface area contributed by atoms with E-state index in [0.29, 0.717) is 38.2 Å². The molecule has 0 unspecified atom stereocenters. The van der Waals surface area contributed by atoms with Crippen molar-refractivity contribution >= 4 is 11.8 Å². The van der Waals surface area contributed by atoms with Crippen molar-refractivity contribution in [2.45, 2.75) is 96.7 Å². The van der Waals surface area contributed by atoms with E-state index in [-0.39, 0.29) is 35.0 Å². The maximum absolute atomic E-state index is 14.4. The van der Waals surface area contributed by atoms with Crippen LogP contribution in [0, 0.1) is 23.1 Å². The van der Waals surface area contributed by atoms with Crippen LogP contribution in [0.15, 0.2) is 91.5 Å². The van der Waals surface area contributed by atoms with Crippen LogP contribution in [-0.4, -0.2) is 50.6 Å². The Morgan fingerprint density at radius 2 is 1.57 bits per heavy atom. The van der Waals surface area contributed by atoms with Crippen molar-refractivity contribution in [2.75, 3.05) is 13.1 Å². The van der Waals surface area contributed by atoms with E-state index in [1.807, 2.05) is 65.6 Å². The smallest absolute Gasteiger partial charge is 0.226 e. The van der Waals surface area contributed by atoms with Gasteiger partial charge in [-0.3, -0.25) is 14.3 Å². The molecule has 1 aromatic heterocycles. The van der Waals surface area contributed by atoms with E-state index in [1.165, 1.54) is 44.2 Å². The van der Waals surface area contributed by atoms with E-state index in [2.05, 4.69) is 20.3 Å². The number of carbonyl (C=O) groups is 2. The van der Waals surface area contributed by atoms with E-state index in [0.717, 1.165) is 54.9 Å². The molecule has 1 N–H and O–H groups in total.